The molecule has 0 aliphatic rings. The van der Waals surface area contributed by atoms with Crippen LogP contribution in [0.25, 0.3) is 83.6 Å². The number of furan rings is 1. The van der Waals surface area contributed by atoms with E-state index in [1.54, 1.807) is 60.7 Å². The Morgan fingerprint density at radius 1 is 0.500 bits per heavy atom. The first-order valence-electron chi connectivity index (χ1n) is 19.6. The van der Waals surface area contributed by atoms with Gasteiger partial charge in [0.15, 0.2) is 23.1 Å². The summed E-state index contributed by atoms with van der Waals surface area (Å²) in [6.07, 6.45) is 0. The summed E-state index contributed by atoms with van der Waals surface area (Å²) < 4.78 is 110. The molecule has 0 spiro atoms. The molecule has 9 aromatic rings. The van der Waals surface area contributed by atoms with Crippen molar-refractivity contribution in [3.05, 3.63) is 145 Å². The van der Waals surface area contributed by atoms with Crippen LogP contribution in [0.1, 0.15) is 16.4 Å². The molecule has 0 saturated heterocycles. The van der Waals surface area contributed by atoms with Crippen molar-refractivity contribution in [1.29, 1.82) is 0 Å². The van der Waals surface area contributed by atoms with E-state index >= 15 is 0 Å². The van der Waals surface area contributed by atoms with Crippen LogP contribution in [-0.4, -0.2) is 19.5 Å². The number of fused-ring (bicyclic) bond motifs is 6. The van der Waals surface area contributed by atoms with Gasteiger partial charge in [-0.25, -0.2) is 15.0 Å². The van der Waals surface area contributed by atoms with Crippen molar-refractivity contribution in [2.24, 2.45) is 0 Å². The predicted octanol–water partition coefficient (Wildman–Crippen LogP) is 9.87. The van der Waals surface area contributed by atoms with E-state index in [4.69, 9.17) is 25.9 Å². The number of nitrogens with zero attached hydrogens (tertiary/aromatic N) is 4. The first-order valence-corrected chi connectivity index (χ1v) is 13.6. The molecule has 5 nitrogen and oxygen atoms in total. The summed E-state index contributed by atoms with van der Waals surface area (Å²) in [6, 6.07) is 15.7. The van der Waals surface area contributed by atoms with Gasteiger partial charge in [0.05, 0.1) is 33.2 Å². The first-order chi connectivity index (χ1) is 26.8. The summed E-state index contributed by atoms with van der Waals surface area (Å²) in [7, 11) is 0. The van der Waals surface area contributed by atoms with Gasteiger partial charge >= 0.3 is 0 Å². The van der Waals surface area contributed by atoms with Gasteiger partial charge in [-0.1, -0.05) is 109 Å². The highest BCUT2D eigenvalue weighted by atomic mass is 16.3. The summed E-state index contributed by atoms with van der Waals surface area (Å²) in [5.74, 6) is 0.250. The van der Waals surface area contributed by atoms with Crippen LogP contribution in [0, 0.1) is 0 Å². The molecule has 9 rings (SSSR count). The van der Waals surface area contributed by atoms with Gasteiger partial charge in [-0.3, -0.25) is 0 Å². The van der Waals surface area contributed by atoms with E-state index in [-0.39, 0.29) is 75.1 Å². The fraction of sp³-hybridized carbons (Fsp3) is 0. The lowest BCUT2D eigenvalue weighted by molar-refractivity contribution is 0.666. The van der Waals surface area contributed by atoms with Crippen molar-refractivity contribution < 1.29 is 20.9 Å². The van der Waals surface area contributed by atoms with Crippen LogP contribution in [0.5, 0.6) is 0 Å². The Morgan fingerprint density at radius 3 is 2.05 bits per heavy atom. The minimum atomic E-state index is -0.542. The number of hydrogen-bond donors (Lipinski definition) is 0. The minimum Gasteiger partial charge on any atom is -0.454 e. The average molecular weight is 577 g/mol. The predicted molar refractivity (Wildman–Crippen MR) is 178 cm³/mol. The molecular formula is C39H24N4O. The highest BCUT2D eigenvalue weighted by Crippen LogP contribution is 2.39. The SMILES string of the molecule is [2H]c1cc([2H])c2c(c1[2H])c1c([2H])c([2H])c([2H])c([2H])c1n2-c1cccc2c1oc1ccc(-c3nc(-c4ccccc4)nc(-c4c([2H])c([2H])c([2H])c([2H])c4[2H])n3)cc12. The molecule has 0 N–H and O–H groups in total. The second-order valence-corrected chi connectivity index (χ2v) is 9.98. The Labute approximate surface area is 269 Å². The topological polar surface area (TPSA) is 56.7 Å². The van der Waals surface area contributed by atoms with Crippen molar-refractivity contribution in [2.45, 2.75) is 0 Å². The van der Waals surface area contributed by atoms with Crippen LogP contribution in [0.4, 0.5) is 0 Å². The zero-order valence-corrected chi connectivity index (χ0v) is 22.6. The molecule has 6 aromatic carbocycles. The summed E-state index contributed by atoms with van der Waals surface area (Å²) in [4.78, 5) is 13.9. The number of aromatic nitrogens is 4. The Morgan fingerprint density at radius 2 is 1.20 bits per heavy atom. The quantitative estimate of drug-likeness (QED) is 0.209. The van der Waals surface area contributed by atoms with Gasteiger partial charge in [-0.05, 0) is 36.4 Å². The average Bonchev–Trinajstić information content (AvgIpc) is 3.77. The van der Waals surface area contributed by atoms with E-state index in [0.717, 1.165) is 0 Å². The maximum absolute atomic E-state index is 8.92. The smallest absolute Gasteiger partial charge is 0.164 e. The van der Waals surface area contributed by atoms with E-state index in [9.17, 15) is 0 Å². The molecule has 44 heavy (non-hydrogen) atoms. The Kier molecular flexibility index (Phi) is 3.42. The summed E-state index contributed by atoms with van der Waals surface area (Å²) in [5.41, 5.74) is 2.16. The second kappa shape index (κ2) is 9.75. The maximum atomic E-state index is 8.92. The lowest BCUT2D eigenvalue weighted by atomic mass is 10.1. The van der Waals surface area contributed by atoms with Gasteiger partial charge in [-0.15, -0.1) is 0 Å². The van der Waals surface area contributed by atoms with Gasteiger partial charge in [0, 0.05) is 38.2 Å². The fourth-order valence-corrected chi connectivity index (χ4v) is 5.50. The van der Waals surface area contributed by atoms with E-state index in [0.29, 0.717) is 38.8 Å². The number of rotatable bonds is 4. The van der Waals surface area contributed by atoms with Crippen LogP contribution in [0.2, 0.25) is 0 Å². The van der Waals surface area contributed by atoms with E-state index in [2.05, 4.69) is 9.97 Å². The van der Waals surface area contributed by atoms with Crippen molar-refractivity contribution >= 4 is 43.7 Å². The van der Waals surface area contributed by atoms with Crippen molar-refractivity contribution in [3.63, 3.8) is 0 Å². The van der Waals surface area contributed by atoms with Crippen molar-refractivity contribution in [2.75, 3.05) is 0 Å². The fourth-order valence-electron chi connectivity index (χ4n) is 5.50. The number of para-hydroxylation sites is 3. The van der Waals surface area contributed by atoms with E-state index in [1.807, 2.05) is 6.07 Å². The molecule has 0 bridgehead atoms. The standard InChI is InChI=1S/C39H24N4O/c1-3-12-25(13-4-1)37-40-38(26-14-5-2-6-15-26)42-39(41-37)27-22-23-35-31(24-27)30-18-11-21-34(36(30)44-35)43-32-19-9-7-16-28(32)29-17-8-10-20-33(29)43/h1-24H/i1D,3D,4D,7D,8D,9D,12D,13D,16D,17D,19D,20D. The molecular weight excluding hydrogens is 540 g/mol. The van der Waals surface area contributed by atoms with E-state index < -0.39 is 42.3 Å². The highest BCUT2D eigenvalue weighted by Gasteiger charge is 2.19. The molecule has 0 amide bonds. The molecule has 0 atom stereocenters. The molecule has 3 aromatic heterocycles. The summed E-state index contributed by atoms with van der Waals surface area (Å²) in [5, 5.41) is 1.27. The van der Waals surface area contributed by atoms with Crippen molar-refractivity contribution in [3.8, 4) is 39.9 Å². The third kappa shape index (κ3) is 3.83. The van der Waals surface area contributed by atoms with Gasteiger partial charge in [0.25, 0.3) is 0 Å². The third-order valence-corrected chi connectivity index (χ3v) is 7.45. The zero-order valence-electron chi connectivity index (χ0n) is 34.6. The molecule has 206 valence electrons. The molecule has 0 saturated carbocycles. The monoisotopic (exact) mass is 576 g/mol. The van der Waals surface area contributed by atoms with Gasteiger partial charge in [0.1, 0.15) is 5.58 Å². The number of benzene rings is 6. The lowest BCUT2D eigenvalue weighted by Crippen LogP contribution is -2.00. The van der Waals surface area contributed by atoms with Crippen molar-refractivity contribution in [1.82, 2.24) is 19.5 Å². The van der Waals surface area contributed by atoms with Crippen LogP contribution in [0.3, 0.4) is 0 Å². The normalized spacial score (nSPS) is 15.5. The highest BCUT2D eigenvalue weighted by molar-refractivity contribution is 6.13. The molecule has 0 fully saturated rings. The van der Waals surface area contributed by atoms with Gasteiger partial charge in [0.2, 0.25) is 0 Å². The molecule has 3 heterocycles. The molecule has 5 heteroatoms. The summed E-state index contributed by atoms with van der Waals surface area (Å²) >= 11 is 0. The van der Waals surface area contributed by atoms with Gasteiger partial charge < -0.3 is 8.98 Å². The molecule has 0 radical (unpaired) electrons. The number of hydrogen-bond acceptors (Lipinski definition) is 4. The van der Waals surface area contributed by atoms with Crippen LogP contribution in [0.15, 0.2) is 150 Å². The minimum absolute atomic E-state index is 0.0213. The van der Waals surface area contributed by atoms with Crippen LogP contribution < -0.4 is 0 Å². The van der Waals surface area contributed by atoms with Gasteiger partial charge in [-0.2, -0.15) is 0 Å². The Bertz CT molecular complexity index is 3150. The third-order valence-electron chi connectivity index (χ3n) is 7.45. The first kappa shape index (κ1) is 15.4. The molecule has 0 aliphatic heterocycles. The van der Waals surface area contributed by atoms with Crippen LogP contribution >= 0.6 is 0 Å². The Balaban J connectivity index is 1.31. The molecule has 0 aliphatic carbocycles. The van der Waals surface area contributed by atoms with E-state index in [1.165, 1.54) is 10.6 Å². The second-order valence-electron chi connectivity index (χ2n) is 9.98. The largest absolute Gasteiger partial charge is 0.454 e. The summed E-state index contributed by atoms with van der Waals surface area (Å²) in [6.45, 7) is 0. The lowest BCUT2D eigenvalue weighted by Gasteiger charge is -2.08. The Hall–Kier alpha value is -6.07. The maximum Gasteiger partial charge on any atom is 0.164 e. The zero-order chi connectivity index (χ0) is 39.5. The van der Waals surface area contributed by atoms with Crippen LogP contribution in [-0.2, 0) is 0 Å². The molecule has 0 unspecified atom stereocenters.